The van der Waals surface area contributed by atoms with Gasteiger partial charge in [-0.2, -0.15) is 0 Å². The van der Waals surface area contributed by atoms with E-state index in [1.165, 1.54) is 5.56 Å². The summed E-state index contributed by atoms with van der Waals surface area (Å²) in [6.45, 7) is 2.05. The molecule has 2 heteroatoms. The number of rotatable bonds is 4. The number of hydrogen-bond acceptors (Lipinski definition) is 2. The first-order chi connectivity index (χ1) is 9.22. The van der Waals surface area contributed by atoms with Gasteiger partial charge in [-0.25, -0.2) is 0 Å². The zero-order valence-electron chi connectivity index (χ0n) is 11.2. The van der Waals surface area contributed by atoms with E-state index < -0.39 is 0 Å². The Balaban J connectivity index is 1.82. The minimum absolute atomic E-state index is 0.0365. The third-order valence-electron chi connectivity index (χ3n) is 4.28. The average molecular weight is 253 g/mol. The van der Waals surface area contributed by atoms with Crippen LogP contribution in [0.4, 0.5) is 0 Å². The third kappa shape index (κ3) is 2.28. The molecule has 0 aliphatic heterocycles. The molecule has 1 aromatic carbocycles. The molecule has 2 aromatic rings. The Morgan fingerprint density at radius 2 is 1.89 bits per heavy atom. The number of aromatic nitrogens is 1. The summed E-state index contributed by atoms with van der Waals surface area (Å²) in [5.41, 5.74) is 3.39. The molecule has 3 rings (SSSR count). The van der Waals surface area contributed by atoms with Crippen molar-refractivity contribution in [2.75, 3.05) is 0 Å². The minimum atomic E-state index is -0.344. The maximum atomic E-state index is 10.6. The second-order valence-electron chi connectivity index (χ2n) is 5.51. The van der Waals surface area contributed by atoms with Gasteiger partial charge >= 0.3 is 0 Å². The van der Waals surface area contributed by atoms with E-state index in [0.717, 1.165) is 24.1 Å². The van der Waals surface area contributed by atoms with Gasteiger partial charge in [-0.05, 0) is 37.0 Å². The molecule has 1 heterocycles. The highest BCUT2D eigenvalue weighted by atomic mass is 16.3. The number of hydrogen-bond donors (Lipinski definition) is 1. The van der Waals surface area contributed by atoms with Crippen molar-refractivity contribution in [1.29, 1.82) is 0 Å². The molecule has 98 valence electrons. The third-order valence-corrected chi connectivity index (χ3v) is 4.28. The van der Waals surface area contributed by atoms with Crippen LogP contribution < -0.4 is 0 Å². The van der Waals surface area contributed by atoms with Gasteiger partial charge in [0.1, 0.15) is 0 Å². The van der Waals surface area contributed by atoms with Gasteiger partial charge in [0.15, 0.2) is 0 Å². The maximum Gasteiger partial charge on any atom is 0.0692 e. The molecule has 1 aliphatic carbocycles. The smallest absolute Gasteiger partial charge is 0.0692 e. The van der Waals surface area contributed by atoms with Crippen LogP contribution in [0, 0.1) is 6.92 Å². The highest BCUT2D eigenvalue weighted by molar-refractivity contribution is 5.34. The minimum Gasteiger partial charge on any atom is -0.392 e. The Labute approximate surface area is 114 Å². The molecule has 1 N–H and O–H groups in total. The summed E-state index contributed by atoms with van der Waals surface area (Å²) in [7, 11) is 0. The molecule has 19 heavy (non-hydrogen) atoms. The number of benzene rings is 1. The topological polar surface area (TPSA) is 33.1 Å². The number of pyridine rings is 1. The molecule has 1 aromatic heterocycles. The Hall–Kier alpha value is -1.67. The maximum absolute atomic E-state index is 10.6. The summed E-state index contributed by atoms with van der Waals surface area (Å²) < 4.78 is 0. The summed E-state index contributed by atoms with van der Waals surface area (Å²) in [5.74, 6) is 0. The van der Waals surface area contributed by atoms with Crippen LogP contribution >= 0.6 is 0 Å². The van der Waals surface area contributed by atoms with Gasteiger partial charge < -0.3 is 5.11 Å². The molecular weight excluding hydrogens is 234 g/mol. The summed E-state index contributed by atoms with van der Waals surface area (Å²) >= 11 is 0. The second kappa shape index (κ2) is 4.78. The van der Waals surface area contributed by atoms with Crippen LogP contribution in [0.25, 0.3) is 0 Å². The Morgan fingerprint density at radius 3 is 2.53 bits per heavy atom. The van der Waals surface area contributed by atoms with Gasteiger partial charge in [-0.15, -0.1) is 0 Å². The van der Waals surface area contributed by atoms with Crippen molar-refractivity contribution in [3.05, 3.63) is 65.5 Å². The standard InChI is InChI=1S/C17H19NO/c1-13-6-5-11-18-15(13)12-16(19)17(9-10-17)14-7-3-2-4-8-14/h2-8,11,16,19H,9-10,12H2,1H3. The predicted molar refractivity (Wildman–Crippen MR) is 76.0 cm³/mol. The van der Waals surface area contributed by atoms with Gasteiger partial charge in [-0.1, -0.05) is 36.4 Å². The molecule has 1 aliphatic rings. The van der Waals surface area contributed by atoms with Crippen molar-refractivity contribution in [2.24, 2.45) is 0 Å². The van der Waals surface area contributed by atoms with Gasteiger partial charge in [-0.3, -0.25) is 4.98 Å². The van der Waals surface area contributed by atoms with E-state index in [1.807, 2.05) is 24.3 Å². The molecule has 1 unspecified atom stereocenters. The number of aryl methyl sites for hydroxylation is 1. The fourth-order valence-corrected chi connectivity index (χ4v) is 2.83. The SMILES string of the molecule is Cc1cccnc1CC(O)C1(c2ccccc2)CC1. The first-order valence-electron chi connectivity index (χ1n) is 6.86. The summed E-state index contributed by atoms with van der Waals surface area (Å²) in [5, 5.41) is 10.6. The van der Waals surface area contributed by atoms with E-state index in [1.54, 1.807) is 6.20 Å². The van der Waals surface area contributed by atoms with E-state index >= 15 is 0 Å². The fraction of sp³-hybridized carbons (Fsp3) is 0.353. The lowest BCUT2D eigenvalue weighted by molar-refractivity contribution is 0.130. The molecule has 0 bridgehead atoms. The van der Waals surface area contributed by atoms with Crippen LogP contribution in [0.1, 0.15) is 29.7 Å². The molecule has 0 spiro atoms. The van der Waals surface area contributed by atoms with E-state index in [4.69, 9.17) is 0 Å². The first-order valence-corrected chi connectivity index (χ1v) is 6.86. The Kier molecular flexibility index (Phi) is 3.11. The quantitative estimate of drug-likeness (QED) is 0.908. The van der Waals surface area contributed by atoms with Gasteiger partial charge in [0.05, 0.1) is 6.10 Å². The van der Waals surface area contributed by atoms with Crippen molar-refractivity contribution in [3.63, 3.8) is 0 Å². The molecule has 1 saturated carbocycles. The van der Waals surface area contributed by atoms with Crippen LogP contribution in [0.15, 0.2) is 48.7 Å². The van der Waals surface area contributed by atoms with Crippen molar-refractivity contribution < 1.29 is 5.11 Å². The van der Waals surface area contributed by atoms with Crippen LogP contribution in [-0.2, 0) is 11.8 Å². The molecule has 2 nitrogen and oxygen atoms in total. The largest absolute Gasteiger partial charge is 0.392 e. The van der Waals surface area contributed by atoms with Crippen LogP contribution in [0.3, 0.4) is 0 Å². The lowest BCUT2D eigenvalue weighted by Gasteiger charge is -2.23. The monoisotopic (exact) mass is 253 g/mol. The van der Waals surface area contributed by atoms with Gasteiger partial charge in [0.25, 0.3) is 0 Å². The van der Waals surface area contributed by atoms with Crippen molar-refractivity contribution in [1.82, 2.24) is 4.98 Å². The molecule has 0 radical (unpaired) electrons. The Morgan fingerprint density at radius 1 is 1.16 bits per heavy atom. The zero-order chi connectivity index (χ0) is 13.3. The van der Waals surface area contributed by atoms with Crippen LogP contribution in [0.5, 0.6) is 0 Å². The van der Waals surface area contributed by atoms with E-state index in [-0.39, 0.29) is 11.5 Å². The fourth-order valence-electron chi connectivity index (χ4n) is 2.83. The first kappa shape index (κ1) is 12.4. The van der Waals surface area contributed by atoms with Gasteiger partial charge in [0.2, 0.25) is 0 Å². The number of aliphatic hydroxyl groups is 1. The van der Waals surface area contributed by atoms with Crippen molar-refractivity contribution in [2.45, 2.75) is 37.7 Å². The van der Waals surface area contributed by atoms with E-state index in [9.17, 15) is 5.11 Å². The highest BCUT2D eigenvalue weighted by Crippen LogP contribution is 2.51. The van der Waals surface area contributed by atoms with Crippen LogP contribution in [0.2, 0.25) is 0 Å². The number of aliphatic hydroxyl groups excluding tert-OH is 1. The lowest BCUT2D eigenvalue weighted by atomic mass is 9.87. The number of nitrogens with zero attached hydrogens (tertiary/aromatic N) is 1. The lowest BCUT2D eigenvalue weighted by Crippen LogP contribution is -2.28. The second-order valence-corrected chi connectivity index (χ2v) is 5.51. The van der Waals surface area contributed by atoms with Crippen molar-refractivity contribution >= 4 is 0 Å². The molecule has 1 atom stereocenters. The average Bonchev–Trinajstić information content (AvgIpc) is 3.24. The molecule has 1 fully saturated rings. The van der Waals surface area contributed by atoms with Gasteiger partial charge in [0, 0.05) is 23.7 Å². The normalized spacial score (nSPS) is 18.0. The van der Waals surface area contributed by atoms with E-state index in [2.05, 4.69) is 30.1 Å². The molecular formula is C17H19NO. The van der Waals surface area contributed by atoms with Crippen molar-refractivity contribution in [3.8, 4) is 0 Å². The summed E-state index contributed by atoms with van der Waals surface area (Å²) in [4.78, 5) is 4.39. The zero-order valence-corrected chi connectivity index (χ0v) is 11.2. The summed E-state index contributed by atoms with van der Waals surface area (Å²) in [6, 6.07) is 14.4. The molecule has 0 amide bonds. The van der Waals surface area contributed by atoms with Crippen LogP contribution in [-0.4, -0.2) is 16.2 Å². The summed E-state index contributed by atoms with van der Waals surface area (Å²) in [6.07, 6.45) is 4.25. The Bertz CT molecular complexity index is 560. The van der Waals surface area contributed by atoms with E-state index in [0.29, 0.717) is 6.42 Å². The predicted octanol–water partition coefficient (Wildman–Crippen LogP) is 3.03. The highest BCUT2D eigenvalue weighted by Gasteiger charge is 2.50. The molecule has 0 saturated heterocycles.